The molecule has 0 spiro atoms. The molecule has 1 unspecified atom stereocenters. The number of sulfonamides is 1. The molecule has 0 radical (unpaired) electrons. The molecule has 1 heterocycles. The van der Waals surface area contributed by atoms with Crippen molar-refractivity contribution in [2.75, 3.05) is 13.1 Å². The van der Waals surface area contributed by atoms with Gasteiger partial charge < -0.3 is 5.73 Å². The smallest absolute Gasteiger partial charge is 0.250 e. The molecule has 6 heteroatoms. The lowest BCUT2D eigenvalue weighted by atomic mass is 10.1. The average Bonchev–Trinajstić information content (AvgIpc) is 2.76. The zero-order valence-electron chi connectivity index (χ0n) is 10.3. The Morgan fingerprint density at radius 3 is 2.76 bits per heavy atom. The van der Waals surface area contributed by atoms with E-state index in [1.54, 1.807) is 6.07 Å². The number of hydrogen-bond acceptors (Lipinski definition) is 4. The fourth-order valence-corrected chi connectivity index (χ4v) is 3.83. The lowest BCUT2D eigenvalue weighted by molar-refractivity contribution is 0.529. The Morgan fingerprint density at radius 2 is 2.18 bits per heavy atom. The standard InChI is InChI=1S/C11H20N2O2S2/c1-3-9(2)8-13-17(14,15)11-5-4-10(16-11)6-7-12/h4-5,9,13H,3,6-8,12H2,1-2H3. The van der Waals surface area contributed by atoms with E-state index < -0.39 is 10.0 Å². The molecule has 0 bridgehead atoms. The third-order valence-corrected chi connectivity index (χ3v) is 5.67. The van der Waals surface area contributed by atoms with Crippen molar-refractivity contribution < 1.29 is 8.42 Å². The lowest BCUT2D eigenvalue weighted by Gasteiger charge is -2.09. The van der Waals surface area contributed by atoms with Crippen LogP contribution in [0, 0.1) is 5.92 Å². The minimum absolute atomic E-state index is 0.355. The quantitative estimate of drug-likeness (QED) is 0.794. The van der Waals surface area contributed by atoms with Crippen LogP contribution < -0.4 is 10.5 Å². The highest BCUT2D eigenvalue weighted by atomic mass is 32.2. The number of thiophene rings is 1. The molecular formula is C11H20N2O2S2. The van der Waals surface area contributed by atoms with Gasteiger partial charge in [0.25, 0.3) is 0 Å². The molecule has 1 atom stereocenters. The summed E-state index contributed by atoms with van der Waals surface area (Å²) in [6, 6.07) is 3.48. The molecule has 3 N–H and O–H groups in total. The topological polar surface area (TPSA) is 72.2 Å². The largest absolute Gasteiger partial charge is 0.330 e. The zero-order chi connectivity index (χ0) is 12.9. The Labute approximate surface area is 107 Å². The van der Waals surface area contributed by atoms with E-state index in [1.807, 2.05) is 19.9 Å². The van der Waals surface area contributed by atoms with E-state index in [4.69, 9.17) is 5.73 Å². The van der Waals surface area contributed by atoms with E-state index in [0.717, 1.165) is 17.7 Å². The predicted octanol–water partition coefficient (Wildman–Crippen LogP) is 1.57. The van der Waals surface area contributed by atoms with Crippen LogP contribution in [0.5, 0.6) is 0 Å². The van der Waals surface area contributed by atoms with E-state index in [1.165, 1.54) is 11.3 Å². The van der Waals surface area contributed by atoms with Crippen LogP contribution in [-0.2, 0) is 16.4 Å². The van der Waals surface area contributed by atoms with Crippen molar-refractivity contribution in [3.8, 4) is 0 Å². The van der Waals surface area contributed by atoms with Gasteiger partial charge in [0.15, 0.2) is 0 Å². The number of hydrogen-bond donors (Lipinski definition) is 2. The molecule has 4 nitrogen and oxygen atoms in total. The van der Waals surface area contributed by atoms with Crippen LogP contribution in [0.25, 0.3) is 0 Å². The summed E-state index contributed by atoms with van der Waals surface area (Å²) in [5.74, 6) is 0.355. The van der Waals surface area contributed by atoms with Crippen molar-refractivity contribution in [1.29, 1.82) is 0 Å². The summed E-state index contributed by atoms with van der Waals surface area (Å²) in [6.45, 7) is 5.10. The van der Waals surface area contributed by atoms with E-state index >= 15 is 0 Å². The third-order valence-electron chi connectivity index (χ3n) is 2.61. The van der Waals surface area contributed by atoms with E-state index in [0.29, 0.717) is 23.2 Å². The van der Waals surface area contributed by atoms with Gasteiger partial charge in [0.2, 0.25) is 10.0 Å². The summed E-state index contributed by atoms with van der Waals surface area (Å²) >= 11 is 1.29. The first kappa shape index (κ1) is 14.6. The highest BCUT2D eigenvalue weighted by Crippen LogP contribution is 2.21. The van der Waals surface area contributed by atoms with Gasteiger partial charge in [0.05, 0.1) is 0 Å². The third kappa shape index (κ3) is 4.39. The molecule has 0 saturated carbocycles. The minimum atomic E-state index is -3.34. The molecule has 0 aliphatic carbocycles. The number of nitrogens with two attached hydrogens (primary N) is 1. The molecule has 1 aromatic heterocycles. The normalized spacial score (nSPS) is 13.8. The Kier molecular flexibility index (Phi) is 5.58. The fourth-order valence-electron chi connectivity index (χ4n) is 1.25. The summed E-state index contributed by atoms with van der Waals surface area (Å²) in [6.07, 6.45) is 1.69. The molecular weight excluding hydrogens is 256 g/mol. The van der Waals surface area contributed by atoms with Crippen molar-refractivity contribution in [2.45, 2.75) is 30.9 Å². The zero-order valence-corrected chi connectivity index (χ0v) is 11.9. The van der Waals surface area contributed by atoms with Gasteiger partial charge in [-0.1, -0.05) is 20.3 Å². The predicted molar refractivity (Wildman–Crippen MR) is 71.7 cm³/mol. The maximum Gasteiger partial charge on any atom is 0.250 e. The van der Waals surface area contributed by atoms with Crippen molar-refractivity contribution in [3.63, 3.8) is 0 Å². The Hall–Kier alpha value is -0.430. The van der Waals surface area contributed by atoms with Gasteiger partial charge in [-0.25, -0.2) is 13.1 Å². The molecule has 17 heavy (non-hydrogen) atoms. The fraction of sp³-hybridized carbons (Fsp3) is 0.636. The van der Waals surface area contributed by atoms with Crippen LogP contribution >= 0.6 is 11.3 Å². The van der Waals surface area contributed by atoms with E-state index in [-0.39, 0.29) is 0 Å². The van der Waals surface area contributed by atoms with Crippen LogP contribution in [0.4, 0.5) is 0 Å². The summed E-state index contributed by atoms with van der Waals surface area (Å²) in [5.41, 5.74) is 5.44. The first-order chi connectivity index (χ1) is 7.99. The van der Waals surface area contributed by atoms with Gasteiger partial charge >= 0.3 is 0 Å². The Bertz CT molecular complexity index is 440. The SMILES string of the molecule is CCC(C)CNS(=O)(=O)c1ccc(CCN)s1. The van der Waals surface area contributed by atoms with Gasteiger partial charge in [0, 0.05) is 11.4 Å². The second kappa shape index (κ2) is 6.49. The molecule has 0 aliphatic heterocycles. The molecule has 1 rings (SSSR count). The van der Waals surface area contributed by atoms with Crippen LogP contribution in [0.3, 0.4) is 0 Å². The summed E-state index contributed by atoms with van der Waals surface area (Å²) in [7, 11) is -3.34. The van der Waals surface area contributed by atoms with Crippen LogP contribution in [0.2, 0.25) is 0 Å². The Morgan fingerprint density at radius 1 is 1.47 bits per heavy atom. The summed E-state index contributed by atoms with van der Waals surface area (Å²) in [5, 5.41) is 0. The lowest BCUT2D eigenvalue weighted by Crippen LogP contribution is -2.27. The number of rotatable bonds is 7. The first-order valence-corrected chi connectivity index (χ1v) is 8.08. The van der Waals surface area contributed by atoms with Gasteiger partial charge in [-0.15, -0.1) is 11.3 Å². The Balaban J connectivity index is 2.68. The maximum absolute atomic E-state index is 11.9. The van der Waals surface area contributed by atoms with E-state index in [2.05, 4.69) is 4.72 Å². The van der Waals surface area contributed by atoms with Gasteiger partial charge in [0.1, 0.15) is 4.21 Å². The molecule has 0 aliphatic rings. The number of nitrogens with one attached hydrogen (secondary N) is 1. The van der Waals surface area contributed by atoms with Gasteiger partial charge in [-0.2, -0.15) is 0 Å². The van der Waals surface area contributed by atoms with Crippen LogP contribution in [-0.4, -0.2) is 21.5 Å². The molecule has 0 aromatic carbocycles. The highest BCUT2D eigenvalue weighted by molar-refractivity contribution is 7.91. The highest BCUT2D eigenvalue weighted by Gasteiger charge is 2.16. The maximum atomic E-state index is 11.9. The van der Waals surface area contributed by atoms with Gasteiger partial charge in [-0.3, -0.25) is 0 Å². The van der Waals surface area contributed by atoms with Crippen molar-refractivity contribution in [2.24, 2.45) is 11.7 Å². The monoisotopic (exact) mass is 276 g/mol. The average molecular weight is 276 g/mol. The summed E-state index contributed by atoms with van der Waals surface area (Å²) in [4.78, 5) is 1.01. The van der Waals surface area contributed by atoms with Crippen LogP contribution in [0.15, 0.2) is 16.3 Å². The molecule has 1 aromatic rings. The second-order valence-electron chi connectivity index (χ2n) is 4.12. The molecule has 0 fully saturated rings. The first-order valence-electron chi connectivity index (χ1n) is 5.78. The summed E-state index contributed by atoms with van der Waals surface area (Å²) < 4.78 is 26.9. The second-order valence-corrected chi connectivity index (χ2v) is 7.29. The van der Waals surface area contributed by atoms with Crippen molar-refractivity contribution in [1.82, 2.24) is 4.72 Å². The van der Waals surface area contributed by atoms with Crippen molar-refractivity contribution >= 4 is 21.4 Å². The molecule has 0 saturated heterocycles. The van der Waals surface area contributed by atoms with Gasteiger partial charge in [-0.05, 0) is 31.0 Å². The minimum Gasteiger partial charge on any atom is -0.330 e. The van der Waals surface area contributed by atoms with Crippen LogP contribution in [0.1, 0.15) is 25.1 Å². The molecule has 0 amide bonds. The molecule has 98 valence electrons. The van der Waals surface area contributed by atoms with Crippen molar-refractivity contribution in [3.05, 3.63) is 17.0 Å². The van der Waals surface area contributed by atoms with E-state index in [9.17, 15) is 8.42 Å².